The molecule has 10 nitrogen and oxygen atoms in total. The molecule has 1 atom stereocenters. The summed E-state index contributed by atoms with van der Waals surface area (Å²) in [6, 6.07) is 23.2. The predicted molar refractivity (Wildman–Crippen MR) is 156 cm³/mol. The predicted octanol–water partition coefficient (Wildman–Crippen LogP) is 5.92. The standard InChI is InChI=1S/C30H32N4O6S/c1-21(24-6-4-3-5-7-24)33-30(35)25-12-8-23(9-13-25)20-32-41(38,39)27-16-17-28(29(18-27)34(36)37)31-19-22-10-14-26(40-2)15-11-22/h3-7,10-11,14-18,21,23,25,31H,8-9,12-13,19H2,1-2H3/p+1/t21-,23?,25?/m1/s1. The quantitative estimate of drug-likeness (QED) is 0.238. The van der Waals surface area contributed by atoms with Crippen molar-refractivity contribution in [2.24, 2.45) is 11.8 Å². The van der Waals surface area contributed by atoms with Crippen LogP contribution < -0.4 is 15.4 Å². The number of nitro benzene ring substituents is 1. The molecule has 0 bridgehead atoms. The minimum absolute atomic E-state index is 0.0163. The normalized spacial score (nSPS) is 17.4. The van der Waals surface area contributed by atoms with Crippen LogP contribution in [0.2, 0.25) is 0 Å². The summed E-state index contributed by atoms with van der Waals surface area (Å²) in [6.45, 7) is 2.24. The van der Waals surface area contributed by atoms with Crippen LogP contribution in [0.15, 0.2) is 77.7 Å². The maximum absolute atomic E-state index is 12.9. The van der Waals surface area contributed by atoms with E-state index in [2.05, 4.69) is 21.0 Å². The summed E-state index contributed by atoms with van der Waals surface area (Å²) in [5.74, 6) is 0.299. The zero-order chi connectivity index (χ0) is 29.4. The summed E-state index contributed by atoms with van der Waals surface area (Å²) in [5.41, 5.74) is 1.72. The number of amides is 1. The van der Waals surface area contributed by atoms with Crippen molar-refractivity contribution >= 4 is 27.3 Å². The van der Waals surface area contributed by atoms with Crippen LogP contribution in [0, 0.1) is 28.0 Å². The lowest BCUT2D eigenvalue weighted by Gasteiger charge is -2.24. The Labute approximate surface area is 239 Å². The molecule has 41 heavy (non-hydrogen) atoms. The molecule has 1 fully saturated rings. The molecule has 3 aromatic carbocycles. The Bertz CT molecular complexity index is 1540. The highest BCUT2D eigenvalue weighted by Gasteiger charge is 2.32. The summed E-state index contributed by atoms with van der Waals surface area (Å²) < 4.78 is 34.6. The Kier molecular flexibility index (Phi) is 9.57. The number of carbonyl (C=O) groups is 1. The van der Waals surface area contributed by atoms with Crippen LogP contribution in [-0.2, 0) is 21.4 Å². The molecule has 0 heterocycles. The molecular formula is C30H33N4O6S+. The fraction of sp³-hybridized carbons (Fsp3) is 0.333. The molecule has 4 rings (SSSR count). The zero-order valence-electron chi connectivity index (χ0n) is 22.9. The molecule has 11 heteroatoms. The Hall–Kier alpha value is -4.43. The second kappa shape index (κ2) is 13.3. The van der Waals surface area contributed by atoms with Crippen molar-refractivity contribution < 1.29 is 22.9 Å². The smallest absolute Gasteiger partial charge is 0.497 e. The summed E-state index contributed by atoms with van der Waals surface area (Å²) in [7, 11) is -2.63. The van der Waals surface area contributed by atoms with Crippen molar-refractivity contribution in [3.05, 3.63) is 98.3 Å². The molecule has 0 saturated heterocycles. The van der Waals surface area contributed by atoms with Crippen molar-refractivity contribution in [3.63, 3.8) is 0 Å². The van der Waals surface area contributed by atoms with Gasteiger partial charge in [-0.05, 0) is 68.0 Å². The molecular weight excluding hydrogens is 544 g/mol. The molecule has 2 N–H and O–H groups in total. The maximum Gasteiger partial charge on any atom is 0.510 e. The van der Waals surface area contributed by atoms with E-state index in [0.29, 0.717) is 38.0 Å². The number of hydrogen-bond donors (Lipinski definition) is 2. The van der Waals surface area contributed by atoms with E-state index in [0.717, 1.165) is 17.2 Å². The third kappa shape index (κ3) is 7.83. The largest absolute Gasteiger partial charge is 0.510 e. The first kappa shape index (κ1) is 29.6. The van der Waals surface area contributed by atoms with E-state index in [1.54, 1.807) is 19.2 Å². The highest BCUT2D eigenvalue weighted by atomic mass is 32.2. The Morgan fingerprint density at radius 2 is 1.76 bits per heavy atom. The molecule has 0 aliphatic heterocycles. The maximum atomic E-state index is 12.9. The van der Waals surface area contributed by atoms with Crippen molar-refractivity contribution in [2.45, 2.75) is 50.1 Å². The van der Waals surface area contributed by atoms with Gasteiger partial charge in [0.1, 0.15) is 11.4 Å². The van der Waals surface area contributed by atoms with E-state index in [1.165, 1.54) is 12.1 Å². The molecule has 214 valence electrons. The Morgan fingerprint density at radius 3 is 2.39 bits per heavy atom. The lowest BCUT2D eigenvalue weighted by molar-refractivity contribution is -0.384. The number of carbonyl (C=O) groups excluding carboxylic acids is 1. The SMILES string of the molecule is COc1ccc(CNc2ccc(S(=O)(=O)[N+]#CC3CCC(C(=O)N[C@H](C)c4ccccc4)CC3)cc2[N+](=O)[O-])cc1. The lowest BCUT2D eigenvalue weighted by atomic mass is 9.82. The number of hydrogen-bond acceptors (Lipinski definition) is 7. The molecule has 1 amide bonds. The van der Waals surface area contributed by atoms with Crippen LogP contribution in [0.4, 0.5) is 11.4 Å². The van der Waals surface area contributed by atoms with Gasteiger partial charge in [-0.1, -0.05) is 42.5 Å². The van der Waals surface area contributed by atoms with Gasteiger partial charge in [-0.3, -0.25) is 14.9 Å². The van der Waals surface area contributed by atoms with Crippen LogP contribution in [0.5, 0.6) is 5.75 Å². The number of sulfonamides is 1. The van der Waals surface area contributed by atoms with Gasteiger partial charge in [0, 0.05) is 18.5 Å². The van der Waals surface area contributed by atoms with Crippen LogP contribution in [0.1, 0.15) is 49.8 Å². The van der Waals surface area contributed by atoms with Gasteiger partial charge in [-0.25, -0.2) is 0 Å². The van der Waals surface area contributed by atoms with Gasteiger partial charge >= 0.3 is 16.1 Å². The Balaban J connectivity index is 1.36. The number of methoxy groups -OCH3 is 1. The fourth-order valence-electron chi connectivity index (χ4n) is 4.75. The van der Waals surface area contributed by atoms with Gasteiger partial charge < -0.3 is 15.4 Å². The highest BCUT2D eigenvalue weighted by Crippen LogP contribution is 2.31. The second-order valence-electron chi connectivity index (χ2n) is 10.0. The molecule has 0 unspecified atom stereocenters. The first-order chi connectivity index (χ1) is 19.7. The van der Waals surface area contributed by atoms with Gasteiger partial charge in [-0.15, -0.1) is 8.42 Å². The van der Waals surface area contributed by atoms with Gasteiger partial charge in [0.25, 0.3) is 5.69 Å². The molecule has 1 aliphatic carbocycles. The van der Waals surface area contributed by atoms with Crippen LogP contribution in [-0.4, -0.2) is 26.4 Å². The van der Waals surface area contributed by atoms with E-state index in [-0.39, 0.29) is 40.1 Å². The van der Waals surface area contributed by atoms with Crippen molar-refractivity contribution in [1.82, 2.24) is 5.32 Å². The molecule has 0 spiro atoms. The van der Waals surface area contributed by atoms with Gasteiger partial charge in [0.05, 0.1) is 28.2 Å². The first-order valence-corrected chi connectivity index (χ1v) is 14.8. The molecule has 1 aliphatic rings. The van der Waals surface area contributed by atoms with E-state index in [9.17, 15) is 23.3 Å². The van der Waals surface area contributed by atoms with Gasteiger partial charge in [0.15, 0.2) is 4.90 Å². The molecule has 1 saturated carbocycles. The van der Waals surface area contributed by atoms with Gasteiger partial charge in [0.2, 0.25) is 5.91 Å². The van der Waals surface area contributed by atoms with E-state index in [1.807, 2.05) is 49.4 Å². The summed E-state index contributed by atoms with van der Waals surface area (Å²) in [4.78, 5) is 23.5. The number of rotatable bonds is 9. The van der Waals surface area contributed by atoms with Crippen molar-refractivity contribution in [3.8, 4) is 11.8 Å². The molecule has 0 aromatic heterocycles. The first-order valence-electron chi connectivity index (χ1n) is 13.4. The summed E-state index contributed by atoms with van der Waals surface area (Å²) >= 11 is 0. The molecule has 3 aromatic rings. The second-order valence-corrected chi connectivity index (χ2v) is 11.6. The minimum Gasteiger partial charge on any atom is -0.497 e. The third-order valence-electron chi connectivity index (χ3n) is 7.22. The number of nitrogens with one attached hydrogen (secondary N) is 2. The van der Waals surface area contributed by atoms with E-state index >= 15 is 0 Å². The van der Waals surface area contributed by atoms with Crippen molar-refractivity contribution in [2.75, 3.05) is 12.4 Å². The Morgan fingerprint density at radius 1 is 1.07 bits per heavy atom. The molecule has 0 radical (unpaired) electrons. The van der Waals surface area contributed by atoms with Crippen molar-refractivity contribution in [1.29, 1.82) is 0 Å². The van der Waals surface area contributed by atoms with Gasteiger partial charge in [-0.2, -0.15) is 0 Å². The fourth-order valence-corrected chi connectivity index (χ4v) is 5.64. The monoisotopic (exact) mass is 577 g/mol. The number of ether oxygens (including phenoxy) is 1. The topological polar surface area (TPSA) is 132 Å². The zero-order valence-corrected chi connectivity index (χ0v) is 23.8. The number of benzene rings is 3. The average Bonchev–Trinajstić information content (AvgIpc) is 2.99. The highest BCUT2D eigenvalue weighted by molar-refractivity contribution is 7.93. The van der Waals surface area contributed by atoms with Crippen LogP contribution in [0.25, 0.3) is 4.25 Å². The van der Waals surface area contributed by atoms with Crippen LogP contribution >= 0.6 is 0 Å². The van der Waals surface area contributed by atoms with E-state index in [4.69, 9.17) is 4.74 Å². The number of nitrogens with zero attached hydrogens (tertiary/aromatic N) is 2. The summed E-state index contributed by atoms with van der Waals surface area (Å²) in [5, 5.41) is 17.8. The van der Waals surface area contributed by atoms with Crippen LogP contribution in [0.3, 0.4) is 0 Å². The number of nitro groups is 1. The summed E-state index contributed by atoms with van der Waals surface area (Å²) in [6.07, 6.45) is 2.34. The average molecular weight is 578 g/mol. The lowest BCUT2D eigenvalue weighted by Crippen LogP contribution is -2.34. The minimum atomic E-state index is -4.20. The third-order valence-corrected chi connectivity index (χ3v) is 8.41. The number of anilines is 1. The van der Waals surface area contributed by atoms with E-state index < -0.39 is 14.9 Å².